The van der Waals surface area contributed by atoms with Crippen LogP contribution in [0.1, 0.15) is 16.0 Å². The van der Waals surface area contributed by atoms with E-state index < -0.39 is 0 Å². The lowest BCUT2D eigenvalue weighted by Crippen LogP contribution is -2.01. The number of para-hydroxylation sites is 1. The number of nitrogens with zero attached hydrogens (tertiary/aromatic N) is 3. The van der Waals surface area contributed by atoms with E-state index in [1.165, 1.54) is 25.7 Å². The predicted octanol–water partition coefficient (Wildman–Crippen LogP) is 13.3. The van der Waals surface area contributed by atoms with Crippen LogP contribution in [-0.2, 0) is 0 Å². The van der Waals surface area contributed by atoms with E-state index in [-0.39, 0.29) is 0 Å². The van der Waals surface area contributed by atoms with Gasteiger partial charge in [0.1, 0.15) is 11.2 Å². The van der Waals surface area contributed by atoms with Crippen molar-refractivity contribution in [3.8, 4) is 34.2 Å². The lowest BCUT2D eigenvalue weighted by Gasteiger charge is -2.10. The molecule has 0 amide bonds. The average molecular weight is 772 g/mol. The predicted molar refractivity (Wildman–Crippen MR) is 240 cm³/mol. The summed E-state index contributed by atoms with van der Waals surface area (Å²) in [5, 5.41) is 13.9. The Balaban J connectivity index is 0.000000184. The molecule has 0 aliphatic carbocycles. The number of benzene rings is 7. The third kappa shape index (κ3) is 6.31. The number of rotatable bonds is 5. The van der Waals surface area contributed by atoms with Crippen LogP contribution in [0.2, 0.25) is 0 Å². The molecule has 6 nitrogen and oxygen atoms in total. The molecule has 0 bridgehead atoms. The van der Waals surface area contributed by atoms with Crippen molar-refractivity contribution in [3.05, 3.63) is 180 Å². The summed E-state index contributed by atoms with van der Waals surface area (Å²) >= 11 is 3.38. The third-order valence-corrected chi connectivity index (χ3v) is 12.5. The van der Waals surface area contributed by atoms with E-state index >= 15 is 0 Å². The topological polar surface area (TPSA) is 102 Å². The molecule has 0 fully saturated rings. The van der Waals surface area contributed by atoms with Crippen molar-refractivity contribution in [3.63, 3.8) is 0 Å². The summed E-state index contributed by atoms with van der Waals surface area (Å²) in [5.74, 6) is 1.96. The highest BCUT2D eigenvalue weighted by molar-refractivity contribution is 7.26. The minimum Gasteiger partial charge on any atom is -0.456 e. The van der Waals surface area contributed by atoms with Crippen molar-refractivity contribution in [2.24, 2.45) is 0 Å². The Labute approximate surface area is 336 Å². The molecular formula is C49H33N5OS2. The van der Waals surface area contributed by atoms with Gasteiger partial charge in [-0.1, -0.05) is 121 Å². The number of aromatic nitrogens is 3. The van der Waals surface area contributed by atoms with Gasteiger partial charge in [-0.15, -0.1) is 22.7 Å². The van der Waals surface area contributed by atoms with Gasteiger partial charge in [-0.3, -0.25) is 5.41 Å². The first-order valence-electron chi connectivity index (χ1n) is 18.6. The van der Waals surface area contributed by atoms with Crippen LogP contribution in [0.5, 0.6) is 0 Å². The van der Waals surface area contributed by atoms with Gasteiger partial charge < -0.3 is 10.2 Å². The van der Waals surface area contributed by atoms with Gasteiger partial charge in [0.05, 0.1) is 16.3 Å². The van der Waals surface area contributed by atoms with Gasteiger partial charge in [-0.25, -0.2) is 15.0 Å². The van der Waals surface area contributed by atoms with E-state index in [1.807, 2.05) is 115 Å². The van der Waals surface area contributed by atoms with Crippen LogP contribution in [0.15, 0.2) is 168 Å². The second-order valence-electron chi connectivity index (χ2n) is 13.8. The zero-order valence-corrected chi connectivity index (χ0v) is 32.4. The Morgan fingerprint density at radius 3 is 1.98 bits per heavy atom. The summed E-state index contributed by atoms with van der Waals surface area (Å²) in [7, 11) is 0. The first kappa shape index (κ1) is 34.5. The monoisotopic (exact) mass is 771 g/mol. The van der Waals surface area contributed by atoms with Crippen molar-refractivity contribution in [2.75, 3.05) is 5.73 Å². The van der Waals surface area contributed by atoms with E-state index in [9.17, 15) is 0 Å². The van der Waals surface area contributed by atoms with E-state index in [1.54, 1.807) is 22.7 Å². The zero-order valence-electron chi connectivity index (χ0n) is 30.7. The summed E-state index contributed by atoms with van der Waals surface area (Å²) in [5.41, 5.74) is 14.1. The Morgan fingerprint density at radius 1 is 0.526 bits per heavy atom. The molecule has 4 heterocycles. The Morgan fingerprint density at radius 2 is 1.18 bits per heavy atom. The highest BCUT2D eigenvalue weighted by Gasteiger charge is 2.18. The van der Waals surface area contributed by atoms with Gasteiger partial charge in [-0.05, 0) is 55.5 Å². The average Bonchev–Trinajstić information content (AvgIpc) is 3.94. The molecule has 0 saturated carbocycles. The van der Waals surface area contributed by atoms with Crippen molar-refractivity contribution < 1.29 is 4.42 Å². The standard InChI is InChI=1S/C34H21N3OS.C15H12N2S/c1-20-14-17-29-26(18-20)31-24(11-7-13-30(31)39-29)34-36-32(21-8-3-2-4-9-21)35-33(37-34)22-15-16-28-25(19-22)23-10-5-6-12-27(23)38-28;16-13(10-6-2-1-3-7-10)15-14(17)11-8-4-5-9-12(11)18-15/h2-19H,1H3;1-9,16H,17H2. The molecule has 0 radical (unpaired) electrons. The molecule has 8 heteroatoms. The molecule has 11 aromatic rings. The number of furan rings is 1. The van der Waals surface area contributed by atoms with Gasteiger partial charge in [0.2, 0.25) is 0 Å². The number of hydrogen-bond donors (Lipinski definition) is 2. The molecule has 3 N–H and O–H groups in total. The number of hydrogen-bond acceptors (Lipinski definition) is 8. The van der Waals surface area contributed by atoms with E-state index in [2.05, 4.69) is 55.5 Å². The van der Waals surface area contributed by atoms with Gasteiger partial charge in [0, 0.05) is 63.3 Å². The van der Waals surface area contributed by atoms with Crippen LogP contribution < -0.4 is 5.73 Å². The number of nitrogen functional groups attached to an aromatic ring is 1. The fourth-order valence-electron chi connectivity index (χ4n) is 7.32. The lowest BCUT2D eigenvalue weighted by molar-refractivity contribution is 0.669. The third-order valence-electron chi connectivity index (χ3n) is 10.1. The first-order chi connectivity index (χ1) is 28.0. The number of nitrogens with one attached hydrogen (secondary N) is 1. The molecule has 11 rings (SSSR count). The van der Waals surface area contributed by atoms with Crippen LogP contribution in [0, 0.1) is 12.3 Å². The smallest absolute Gasteiger partial charge is 0.164 e. The molecule has 4 aromatic heterocycles. The molecule has 0 unspecified atom stereocenters. The summed E-state index contributed by atoms with van der Waals surface area (Å²) in [6.07, 6.45) is 0. The van der Waals surface area contributed by atoms with Crippen LogP contribution in [0.25, 0.3) is 86.4 Å². The first-order valence-corrected chi connectivity index (χ1v) is 20.2. The quantitative estimate of drug-likeness (QED) is 0.170. The van der Waals surface area contributed by atoms with E-state index in [4.69, 9.17) is 30.5 Å². The Bertz CT molecular complexity index is 3290. The summed E-state index contributed by atoms with van der Waals surface area (Å²) in [6.45, 7) is 2.13. The van der Waals surface area contributed by atoms with Crippen molar-refractivity contribution >= 4 is 86.3 Å². The molecular weight excluding hydrogens is 739 g/mol. The van der Waals surface area contributed by atoms with E-state index in [0.717, 1.165) is 59.2 Å². The second-order valence-corrected chi connectivity index (χ2v) is 16.0. The Hall–Kier alpha value is -7.00. The van der Waals surface area contributed by atoms with Crippen LogP contribution in [0.4, 0.5) is 5.69 Å². The number of aryl methyl sites for hydroxylation is 1. The summed E-state index contributed by atoms with van der Waals surface area (Å²) in [6, 6.07) is 55.1. The van der Waals surface area contributed by atoms with Gasteiger partial charge in [0.15, 0.2) is 17.5 Å². The van der Waals surface area contributed by atoms with Crippen molar-refractivity contribution in [1.82, 2.24) is 15.0 Å². The number of thiophene rings is 2. The van der Waals surface area contributed by atoms with Crippen molar-refractivity contribution in [1.29, 1.82) is 5.41 Å². The number of nitrogens with two attached hydrogens (primary N) is 1. The summed E-state index contributed by atoms with van der Waals surface area (Å²) < 4.78 is 9.68. The minimum absolute atomic E-state index is 0.495. The van der Waals surface area contributed by atoms with E-state index in [0.29, 0.717) is 28.9 Å². The fourth-order valence-corrected chi connectivity index (χ4v) is 9.53. The lowest BCUT2D eigenvalue weighted by atomic mass is 10.0. The molecule has 7 aromatic carbocycles. The molecule has 0 spiro atoms. The molecule has 0 aliphatic rings. The maximum Gasteiger partial charge on any atom is 0.164 e. The van der Waals surface area contributed by atoms with Crippen LogP contribution in [0.3, 0.4) is 0 Å². The molecule has 0 atom stereocenters. The van der Waals surface area contributed by atoms with Gasteiger partial charge >= 0.3 is 0 Å². The maximum atomic E-state index is 8.27. The summed E-state index contributed by atoms with van der Waals surface area (Å²) in [4.78, 5) is 15.9. The van der Waals surface area contributed by atoms with Gasteiger partial charge in [-0.2, -0.15) is 0 Å². The molecule has 272 valence electrons. The van der Waals surface area contributed by atoms with Gasteiger partial charge in [0.25, 0.3) is 0 Å². The normalized spacial score (nSPS) is 11.4. The number of fused-ring (bicyclic) bond motifs is 7. The maximum absolute atomic E-state index is 8.27. The largest absolute Gasteiger partial charge is 0.456 e. The SMILES string of the molecule is Cc1ccc2sc3cccc(-c4nc(-c5ccccc5)nc(-c5ccc6oc7ccccc7c6c5)n4)c3c2c1.N=C(c1ccccc1)c1sc2ccccc2c1N. The zero-order chi connectivity index (χ0) is 38.5. The van der Waals surface area contributed by atoms with Crippen LogP contribution >= 0.6 is 22.7 Å². The Kier molecular flexibility index (Phi) is 8.62. The molecule has 0 saturated heterocycles. The fraction of sp³-hybridized carbons (Fsp3) is 0.0204. The second kappa shape index (κ2) is 14.3. The highest BCUT2D eigenvalue weighted by Crippen LogP contribution is 2.41. The molecule has 0 aliphatic heterocycles. The minimum atomic E-state index is 0.495. The highest BCUT2D eigenvalue weighted by atomic mass is 32.1. The number of anilines is 1. The van der Waals surface area contributed by atoms with Crippen LogP contribution in [-0.4, -0.2) is 20.7 Å². The van der Waals surface area contributed by atoms with Crippen molar-refractivity contribution in [2.45, 2.75) is 6.92 Å². The molecule has 57 heavy (non-hydrogen) atoms.